The second-order valence-electron chi connectivity index (χ2n) is 6.41. The summed E-state index contributed by atoms with van der Waals surface area (Å²) < 4.78 is 81.2. The zero-order valence-corrected chi connectivity index (χ0v) is 15.2. The molecule has 0 radical (unpaired) electrons. The van der Waals surface area contributed by atoms with Crippen molar-refractivity contribution in [2.24, 2.45) is 0 Å². The lowest BCUT2D eigenvalue weighted by atomic mass is 9.96. The third-order valence-electron chi connectivity index (χ3n) is 4.47. The molecule has 0 fully saturated rings. The molecule has 1 aromatic carbocycles. The van der Waals surface area contributed by atoms with E-state index < -0.39 is 40.7 Å². The molecule has 3 aromatic heterocycles. The molecule has 0 aliphatic carbocycles. The number of alkyl halides is 6. The summed E-state index contributed by atoms with van der Waals surface area (Å²) in [6.07, 6.45) is -6.38. The van der Waals surface area contributed by atoms with Gasteiger partial charge < -0.3 is 5.11 Å². The first-order valence-electron chi connectivity index (χ1n) is 8.60. The Bertz CT molecular complexity index is 1290. The molecule has 1 N–H and O–H groups in total. The van der Waals surface area contributed by atoms with Gasteiger partial charge in [-0.3, -0.25) is 9.97 Å². The molecular weight excluding hydrogens is 426 g/mol. The highest BCUT2D eigenvalue weighted by molar-refractivity contribution is 6.00. The summed E-state index contributed by atoms with van der Waals surface area (Å²) >= 11 is 0. The second-order valence-corrected chi connectivity index (χ2v) is 6.41. The van der Waals surface area contributed by atoms with Gasteiger partial charge in [-0.25, -0.2) is 9.97 Å². The van der Waals surface area contributed by atoms with E-state index in [0.717, 1.165) is 49.1 Å². The molecular formula is C20H10F6N4O. The number of hydrogen-bond donors (Lipinski definition) is 1. The van der Waals surface area contributed by atoms with Crippen molar-refractivity contribution in [3.05, 3.63) is 66.2 Å². The van der Waals surface area contributed by atoms with Crippen molar-refractivity contribution >= 4 is 10.9 Å². The summed E-state index contributed by atoms with van der Waals surface area (Å²) in [4.78, 5) is 15.1. The van der Waals surface area contributed by atoms with Crippen molar-refractivity contribution in [2.75, 3.05) is 0 Å². The summed E-state index contributed by atoms with van der Waals surface area (Å²) in [5.41, 5.74) is -3.79. The van der Waals surface area contributed by atoms with Crippen LogP contribution in [0.3, 0.4) is 0 Å². The first-order chi connectivity index (χ1) is 14.6. The van der Waals surface area contributed by atoms with Crippen LogP contribution in [0.2, 0.25) is 0 Å². The van der Waals surface area contributed by atoms with Gasteiger partial charge in [0, 0.05) is 23.5 Å². The first-order valence-corrected chi connectivity index (χ1v) is 8.60. The van der Waals surface area contributed by atoms with E-state index in [0.29, 0.717) is 0 Å². The van der Waals surface area contributed by atoms with Crippen molar-refractivity contribution in [3.63, 3.8) is 0 Å². The van der Waals surface area contributed by atoms with Gasteiger partial charge in [-0.05, 0) is 36.4 Å². The Balaban J connectivity index is 2.10. The first kappa shape index (κ1) is 20.5. The predicted molar refractivity (Wildman–Crippen MR) is 97.7 cm³/mol. The highest BCUT2D eigenvalue weighted by Gasteiger charge is 2.36. The number of rotatable bonds is 2. The van der Waals surface area contributed by atoms with Gasteiger partial charge in [-0.1, -0.05) is 0 Å². The van der Waals surface area contributed by atoms with Crippen LogP contribution in [0.15, 0.2) is 55.1 Å². The summed E-state index contributed by atoms with van der Waals surface area (Å²) in [5, 5.41) is 10.0. The molecule has 0 saturated heterocycles. The van der Waals surface area contributed by atoms with Crippen LogP contribution >= 0.6 is 0 Å². The summed E-state index contributed by atoms with van der Waals surface area (Å²) in [6.45, 7) is 0. The molecule has 0 bridgehead atoms. The van der Waals surface area contributed by atoms with Crippen LogP contribution in [0.4, 0.5) is 26.3 Å². The number of nitrogens with zero attached hydrogens (tertiary/aromatic N) is 4. The van der Waals surface area contributed by atoms with E-state index in [1.165, 1.54) is 6.07 Å². The number of hydrogen-bond acceptors (Lipinski definition) is 5. The minimum atomic E-state index is -4.81. The van der Waals surface area contributed by atoms with Gasteiger partial charge in [0.05, 0.1) is 33.4 Å². The Morgan fingerprint density at radius 1 is 0.710 bits per heavy atom. The Morgan fingerprint density at radius 3 is 1.90 bits per heavy atom. The number of aromatic hydroxyl groups is 1. The topological polar surface area (TPSA) is 71.8 Å². The SMILES string of the molecule is Oc1ncnc2cc(-c3ncccc3C(F)(F)F)cc(-c3ncccc3C(F)(F)F)c12. The lowest BCUT2D eigenvalue weighted by Crippen LogP contribution is -2.09. The fourth-order valence-corrected chi connectivity index (χ4v) is 3.21. The molecule has 31 heavy (non-hydrogen) atoms. The van der Waals surface area contributed by atoms with E-state index in [4.69, 9.17) is 0 Å². The molecule has 0 spiro atoms. The van der Waals surface area contributed by atoms with Crippen LogP contribution in [0, 0.1) is 0 Å². The van der Waals surface area contributed by atoms with Crippen molar-refractivity contribution in [2.45, 2.75) is 12.4 Å². The van der Waals surface area contributed by atoms with Crippen LogP contribution in [0.1, 0.15) is 11.1 Å². The minimum absolute atomic E-state index is 0.0717. The number of fused-ring (bicyclic) bond motifs is 1. The lowest BCUT2D eigenvalue weighted by molar-refractivity contribution is -0.138. The fourth-order valence-electron chi connectivity index (χ4n) is 3.21. The van der Waals surface area contributed by atoms with Gasteiger partial charge >= 0.3 is 12.4 Å². The third kappa shape index (κ3) is 3.74. The van der Waals surface area contributed by atoms with E-state index in [-0.39, 0.29) is 22.0 Å². The number of aromatic nitrogens is 4. The van der Waals surface area contributed by atoms with Gasteiger partial charge in [0.2, 0.25) is 5.88 Å². The molecule has 4 rings (SSSR count). The largest absolute Gasteiger partial charge is 0.493 e. The van der Waals surface area contributed by atoms with Crippen LogP contribution < -0.4 is 0 Å². The number of pyridine rings is 2. The van der Waals surface area contributed by atoms with Crippen LogP contribution in [-0.2, 0) is 12.4 Å². The fraction of sp³-hybridized carbons (Fsp3) is 0.100. The van der Waals surface area contributed by atoms with E-state index in [1.807, 2.05) is 0 Å². The molecule has 0 atom stereocenters. The van der Waals surface area contributed by atoms with E-state index in [1.54, 1.807) is 0 Å². The van der Waals surface area contributed by atoms with Gasteiger partial charge in [0.25, 0.3) is 0 Å². The van der Waals surface area contributed by atoms with E-state index in [9.17, 15) is 31.4 Å². The number of halogens is 6. The van der Waals surface area contributed by atoms with Gasteiger partial charge in [0.15, 0.2) is 0 Å². The Labute approximate surface area is 170 Å². The third-order valence-corrected chi connectivity index (χ3v) is 4.47. The zero-order valence-electron chi connectivity index (χ0n) is 15.2. The number of benzene rings is 1. The standard InChI is InChI=1S/C20H10F6N4O/c21-19(22,23)12-3-1-5-27-16(12)10-7-11(15-14(8-10)29-9-30-18(15)31)17-13(20(24,25)26)4-2-6-28-17/h1-9H,(H,29,30,31). The van der Waals surface area contributed by atoms with Crippen molar-refractivity contribution in [3.8, 4) is 28.4 Å². The Hall–Kier alpha value is -3.76. The summed E-state index contributed by atoms with van der Waals surface area (Å²) in [7, 11) is 0. The van der Waals surface area contributed by atoms with Crippen LogP contribution in [0.5, 0.6) is 5.88 Å². The lowest BCUT2D eigenvalue weighted by Gasteiger charge is -2.16. The molecule has 0 unspecified atom stereocenters. The normalized spacial score (nSPS) is 12.3. The van der Waals surface area contributed by atoms with Crippen molar-refractivity contribution in [1.29, 1.82) is 0 Å². The molecule has 11 heteroatoms. The second kappa shape index (κ2) is 7.18. The van der Waals surface area contributed by atoms with Crippen LogP contribution in [0.25, 0.3) is 33.4 Å². The quantitative estimate of drug-likeness (QED) is 0.421. The average molecular weight is 436 g/mol. The average Bonchev–Trinajstić information content (AvgIpc) is 2.72. The Kier molecular flexibility index (Phi) is 4.75. The Morgan fingerprint density at radius 2 is 1.29 bits per heavy atom. The van der Waals surface area contributed by atoms with Crippen LogP contribution in [-0.4, -0.2) is 25.0 Å². The molecule has 0 aliphatic heterocycles. The highest BCUT2D eigenvalue weighted by atomic mass is 19.4. The molecule has 0 amide bonds. The molecule has 5 nitrogen and oxygen atoms in total. The highest BCUT2D eigenvalue weighted by Crippen LogP contribution is 2.43. The van der Waals surface area contributed by atoms with E-state index >= 15 is 0 Å². The molecule has 0 saturated carbocycles. The molecule has 158 valence electrons. The smallest absolute Gasteiger partial charge is 0.418 e. The summed E-state index contributed by atoms with van der Waals surface area (Å²) in [5.74, 6) is -0.637. The monoisotopic (exact) mass is 436 g/mol. The van der Waals surface area contributed by atoms with Gasteiger partial charge in [0.1, 0.15) is 6.33 Å². The maximum absolute atomic E-state index is 13.6. The van der Waals surface area contributed by atoms with Gasteiger partial charge in [-0.2, -0.15) is 26.3 Å². The minimum Gasteiger partial charge on any atom is -0.493 e. The van der Waals surface area contributed by atoms with E-state index in [2.05, 4.69) is 19.9 Å². The zero-order chi connectivity index (χ0) is 22.4. The predicted octanol–water partition coefficient (Wildman–Crippen LogP) is 5.50. The molecule has 4 aromatic rings. The molecule has 0 aliphatic rings. The van der Waals surface area contributed by atoms with Gasteiger partial charge in [-0.15, -0.1) is 0 Å². The summed E-state index contributed by atoms with van der Waals surface area (Å²) in [6, 6.07) is 6.02. The maximum atomic E-state index is 13.6. The van der Waals surface area contributed by atoms with Crippen molar-refractivity contribution in [1.82, 2.24) is 19.9 Å². The maximum Gasteiger partial charge on any atom is 0.418 e. The molecule has 3 heterocycles. The van der Waals surface area contributed by atoms with Crippen molar-refractivity contribution < 1.29 is 31.4 Å².